The average Bonchev–Trinajstić information content (AvgIpc) is 3.36. The van der Waals surface area contributed by atoms with Gasteiger partial charge in [-0.1, -0.05) is 12.1 Å². The van der Waals surface area contributed by atoms with Crippen molar-refractivity contribution in [2.75, 3.05) is 10.2 Å². The second-order valence-electron chi connectivity index (χ2n) is 8.81. The number of hydrogen-bond donors (Lipinski definition) is 1. The van der Waals surface area contributed by atoms with Crippen LogP contribution in [0.15, 0.2) is 66.7 Å². The van der Waals surface area contributed by atoms with Crippen LogP contribution in [0.25, 0.3) is 5.69 Å². The van der Waals surface area contributed by atoms with Gasteiger partial charge in [-0.15, -0.1) is 0 Å². The van der Waals surface area contributed by atoms with Crippen LogP contribution in [0.2, 0.25) is 0 Å². The quantitative estimate of drug-likeness (QED) is 0.242. The van der Waals surface area contributed by atoms with Crippen molar-refractivity contribution in [2.45, 2.75) is 20.8 Å². The molecule has 0 fully saturated rings. The van der Waals surface area contributed by atoms with Gasteiger partial charge in [0.2, 0.25) is 0 Å². The molecule has 2 heterocycles. The van der Waals surface area contributed by atoms with E-state index in [9.17, 15) is 24.5 Å². The molecule has 0 atom stereocenters. The van der Waals surface area contributed by atoms with E-state index in [1.165, 1.54) is 47.1 Å². The van der Waals surface area contributed by atoms with Crippen LogP contribution < -0.4 is 10.2 Å². The number of nitro benzene ring substituents is 1. The number of benzene rings is 3. The summed E-state index contributed by atoms with van der Waals surface area (Å²) in [6, 6.07) is 17.3. The molecule has 1 aliphatic heterocycles. The minimum atomic E-state index is -0.503. The first-order valence-corrected chi connectivity index (χ1v) is 11.4. The Morgan fingerprint density at radius 1 is 0.892 bits per heavy atom. The Morgan fingerprint density at radius 2 is 1.59 bits per heavy atom. The predicted molar refractivity (Wildman–Crippen MR) is 136 cm³/mol. The van der Waals surface area contributed by atoms with Gasteiger partial charge >= 0.3 is 0 Å². The lowest BCUT2D eigenvalue weighted by atomic mass is 10.1. The first-order valence-electron chi connectivity index (χ1n) is 11.4. The number of fused-ring (bicyclic) bond motifs is 1. The number of amides is 3. The summed E-state index contributed by atoms with van der Waals surface area (Å²) >= 11 is 0. The molecule has 0 saturated carbocycles. The number of aromatic nitrogens is 2. The van der Waals surface area contributed by atoms with Crippen molar-refractivity contribution in [1.82, 2.24) is 9.78 Å². The number of carbonyl (C=O) groups is 3. The summed E-state index contributed by atoms with van der Waals surface area (Å²) in [5.74, 6) is -1.09. The largest absolute Gasteiger partial charge is 0.306 e. The summed E-state index contributed by atoms with van der Waals surface area (Å²) < 4.78 is 1.46. The van der Waals surface area contributed by atoms with Gasteiger partial charge in [0.25, 0.3) is 23.4 Å². The van der Waals surface area contributed by atoms with E-state index in [0.717, 1.165) is 16.0 Å². The molecular formula is C27H21N5O5. The number of nitro groups is 1. The Kier molecular flexibility index (Phi) is 5.63. The predicted octanol–water partition coefficient (Wildman–Crippen LogP) is 4.76. The monoisotopic (exact) mass is 495 g/mol. The highest BCUT2D eigenvalue weighted by atomic mass is 16.6. The van der Waals surface area contributed by atoms with Crippen LogP contribution >= 0.6 is 0 Å². The minimum Gasteiger partial charge on any atom is -0.306 e. The van der Waals surface area contributed by atoms with Crippen molar-refractivity contribution in [1.29, 1.82) is 0 Å². The highest BCUT2D eigenvalue weighted by molar-refractivity contribution is 6.35. The van der Waals surface area contributed by atoms with E-state index in [4.69, 9.17) is 0 Å². The molecule has 10 nitrogen and oxygen atoms in total. The van der Waals surface area contributed by atoms with Crippen molar-refractivity contribution in [3.05, 3.63) is 110 Å². The zero-order valence-corrected chi connectivity index (χ0v) is 20.2. The number of rotatable bonds is 5. The van der Waals surface area contributed by atoms with Crippen molar-refractivity contribution in [3.63, 3.8) is 0 Å². The average molecular weight is 495 g/mol. The van der Waals surface area contributed by atoms with Crippen LogP contribution in [0.5, 0.6) is 0 Å². The first kappa shape index (κ1) is 23.6. The van der Waals surface area contributed by atoms with Crippen LogP contribution in [0.4, 0.5) is 17.2 Å². The number of nitrogens with one attached hydrogen (secondary N) is 1. The van der Waals surface area contributed by atoms with Gasteiger partial charge in [-0.3, -0.25) is 24.5 Å². The van der Waals surface area contributed by atoms with Gasteiger partial charge < -0.3 is 5.32 Å². The number of aryl methyl sites for hydroxylation is 3. The molecule has 3 amide bonds. The number of anilines is 2. The standard InChI is InChI=1S/C27H21N5O5/c1-15-4-5-16(2)23(12-15)30-26(34)21-11-6-18(14-22(21)27(30)35)25(33)28-24-13-17(3)29-31(24)19-7-9-20(10-8-19)32(36)37/h4-14H,1-3H3,(H,28,33). The Bertz CT molecular complexity index is 1620. The topological polar surface area (TPSA) is 127 Å². The van der Waals surface area contributed by atoms with E-state index in [1.807, 2.05) is 26.0 Å². The summed E-state index contributed by atoms with van der Waals surface area (Å²) in [5, 5.41) is 18.1. The Balaban J connectivity index is 1.43. The Labute approximate surface area is 211 Å². The minimum absolute atomic E-state index is 0.0644. The molecule has 0 spiro atoms. The van der Waals surface area contributed by atoms with Gasteiger partial charge in [-0.25, -0.2) is 9.58 Å². The van der Waals surface area contributed by atoms with Gasteiger partial charge in [0.05, 0.1) is 33.1 Å². The van der Waals surface area contributed by atoms with E-state index in [0.29, 0.717) is 22.9 Å². The second-order valence-corrected chi connectivity index (χ2v) is 8.81. The van der Waals surface area contributed by atoms with Gasteiger partial charge in [-0.05, 0) is 68.3 Å². The highest BCUT2D eigenvalue weighted by Crippen LogP contribution is 2.32. The zero-order valence-electron chi connectivity index (χ0n) is 20.2. The summed E-state index contributed by atoms with van der Waals surface area (Å²) in [4.78, 5) is 51.0. The molecule has 10 heteroatoms. The van der Waals surface area contributed by atoms with E-state index in [-0.39, 0.29) is 22.4 Å². The maximum Gasteiger partial charge on any atom is 0.269 e. The van der Waals surface area contributed by atoms with Crippen LogP contribution in [-0.4, -0.2) is 32.4 Å². The van der Waals surface area contributed by atoms with Crippen molar-refractivity contribution < 1.29 is 19.3 Å². The number of nitrogens with zero attached hydrogens (tertiary/aromatic N) is 4. The molecule has 1 N–H and O–H groups in total. The third-order valence-electron chi connectivity index (χ3n) is 6.13. The van der Waals surface area contributed by atoms with Gasteiger partial charge in [0.15, 0.2) is 0 Å². The van der Waals surface area contributed by atoms with Crippen LogP contribution in [-0.2, 0) is 0 Å². The number of hydrogen-bond acceptors (Lipinski definition) is 6. The normalized spacial score (nSPS) is 12.6. The maximum absolute atomic E-state index is 13.2. The second kappa shape index (κ2) is 8.83. The lowest BCUT2D eigenvalue weighted by Gasteiger charge is -2.17. The SMILES string of the molecule is Cc1ccc(C)c(N2C(=O)c3ccc(C(=O)Nc4cc(C)nn4-c4ccc([N+](=O)[O-])cc4)cc3C2=O)c1. The molecule has 184 valence electrons. The fraction of sp³-hybridized carbons (Fsp3) is 0.111. The van der Waals surface area contributed by atoms with E-state index in [2.05, 4.69) is 10.4 Å². The molecule has 0 aliphatic carbocycles. The van der Waals surface area contributed by atoms with E-state index in [1.54, 1.807) is 19.1 Å². The van der Waals surface area contributed by atoms with Crippen molar-refractivity contribution >= 4 is 34.9 Å². The number of carbonyl (C=O) groups excluding carboxylic acids is 3. The Hall–Kier alpha value is -5.12. The number of imide groups is 1. The fourth-order valence-corrected chi connectivity index (χ4v) is 4.25. The van der Waals surface area contributed by atoms with Crippen molar-refractivity contribution in [2.24, 2.45) is 0 Å². The smallest absolute Gasteiger partial charge is 0.269 e. The van der Waals surface area contributed by atoms with Crippen LogP contribution in [0.3, 0.4) is 0 Å². The summed E-state index contributed by atoms with van der Waals surface area (Å²) in [6.07, 6.45) is 0. The molecule has 37 heavy (non-hydrogen) atoms. The van der Waals surface area contributed by atoms with Crippen LogP contribution in [0, 0.1) is 30.9 Å². The maximum atomic E-state index is 13.2. The van der Waals surface area contributed by atoms with Crippen LogP contribution in [0.1, 0.15) is 47.9 Å². The molecule has 0 unspecified atom stereocenters. The fourth-order valence-electron chi connectivity index (χ4n) is 4.25. The molecule has 3 aromatic carbocycles. The third-order valence-corrected chi connectivity index (χ3v) is 6.13. The summed E-state index contributed by atoms with van der Waals surface area (Å²) in [5.41, 5.74) is 3.86. The molecule has 1 aliphatic rings. The molecule has 0 saturated heterocycles. The van der Waals surface area contributed by atoms with E-state index >= 15 is 0 Å². The third kappa shape index (κ3) is 4.14. The first-order chi connectivity index (χ1) is 17.6. The molecule has 1 aromatic heterocycles. The molecule has 5 rings (SSSR count). The Morgan fingerprint density at radius 3 is 2.30 bits per heavy atom. The molecular weight excluding hydrogens is 474 g/mol. The summed E-state index contributed by atoms with van der Waals surface area (Å²) in [6.45, 7) is 5.46. The van der Waals surface area contributed by atoms with Gasteiger partial charge in [-0.2, -0.15) is 5.10 Å². The molecule has 4 aromatic rings. The van der Waals surface area contributed by atoms with Gasteiger partial charge in [0, 0.05) is 23.8 Å². The lowest BCUT2D eigenvalue weighted by Crippen LogP contribution is -2.30. The van der Waals surface area contributed by atoms with E-state index < -0.39 is 22.6 Å². The highest BCUT2D eigenvalue weighted by Gasteiger charge is 2.38. The zero-order chi connectivity index (χ0) is 26.4. The van der Waals surface area contributed by atoms with Crippen molar-refractivity contribution in [3.8, 4) is 5.69 Å². The summed E-state index contributed by atoms with van der Waals surface area (Å²) in [7, 11) is 0. The number of non-ortho nitro benzene ring substituents is 1. The lowest BCUT2D eigenvalue weighted by molar-refractivity contribution is -0.384. The molecule has 0 radical (unpaired) electrons. The molecule has 0 bridgehead atoms. The van der Waals surface area contributed by atoms with Gasteiger partial charge in [0.1, 0.15) is 5.82 Å².